The monoisotopic (exact) mass is 214 g/mol. The van der Waals surface area contributed by atoms with Crippen molar-refractivity contribution in [2.75, 3.05) is 0 Å². The van der Waals surface area contributed by atoms with Crippen LogP contribution in [0.3, 0.4) is 0 Å². The molecule has 3 heteroatoms. The predicted octanol–water partition coefficient (Wildman–Crippen LogP) is 3.40. The SMILES string of the molecule is Cc1nc2ccc(C(C#N)C(C)C)cc2o1. The van der Waals surface area contributed by atoms with Gasteiger partial charge in [-0.05, 0) is 23.6 Å². The van der Waals surface area contributed by atoms with Gasteiger partial charge in [0.05, 0.1) is 12.0 Å². The van der Waals surface area contributed by atoms with Crippen molar-refractivity contribution in [1.29, 1.82) is 5.26 Å². The van der Waals surface area contributed by atoms with Crippen LogP contribution in [0.25, 0.3) is 11.1 Å². The summed E-state index contributed by atoms with van der Waals surface area (Å²) in [6.45, 7) is 5.91. The van der Waals surface area contributed by atoms with Crippen LogP contribution < -0.4 is 0 Å². The van der Waals surface area contributed by atoms with E-state index in [4.69, 9.17) is 9.68 Å². The molecule has 1 unspecified atom stereocenters. The summed E-state index contributed by atoms with van der Waals surface area (Å²) in [5.41, 5.74) is 2.61. The summed E-state index contributed by atoms with van der Waals surface area (Å²) >= 11 is 0. The van der Waals surface area contributed by atoms with Crippen LogP contribution in [0.2, 0.25) is 0 Å². The molecule has 82 valence electrons. The third-order valence-electron chi connectivity index (χ3n) is 2.68. The molecule has 2 aromatic rings. The van der Waals surface area contributed by atoms with Crippen molar-refractivity contribution >= 4 is 11.1 Å². The minimum Gasteiger partial charge on any atom is -0.441 e. The molecule has 0 aliphatic carbocycles. The van der Waals surface area contributed by atoms with Crippen molar-refractivity contribution < 1.29 is 4.42 Å². The fourth-order valence-electron chi connectivity index (χ4n) is 1.86. The van der Waals surface area contributed by atoms with Crippen LogP contribution in [0.4, 0.5) is 0 Å². The van der Waals surface area contributed by atoms with Gasteiger partial charge in [0.25, 0.3) is 0 Å². The molecule has 0 radical (unpaired) electrons. The number of nitrogens with zero attached hydrogens (tertiary/aromatic N) is 2. The molecule has 0 spiro atoms. The molecule has 1 heterocycles. The average Bonchev–Trinajstić information content (AvgIpc) is 2.57. The van der Waals surface area contributed by atoms with Gasteiger partial charge in [-0.2, -0.15) is 5.26 Å². The number of fused-ring (bicyclic) bond motifs is 1. The largest absolute Gasteiger partial charge is 0.441 e. The lowest BCUT2D eigenvalue weighted by Crippen LogP contribution is -2.03. The van der Waals surface area contributed by atoms with Crippen LogP contribution in [0.15, 0.2) is 22.6 Å². The van der Waals surface area contributed by atoms with Gasteiger partial charge in [0.15, 0.2) is 11.5 Å². The molecule has 0 bridgehead atoms. The summed E-state index contributed by atoms with van der Waals surface area (Å²) < 4.78 is 5.46. The Balaban J connectivity index is 2.50. The highest BCUT2D eigenvalue weighted by atomic mass is 16.3. The standard InChI is InChI=1S/C13H14N2O/c1-8(2)11(7-14)10-4-5-12-13(6-10)16-9(3)15-12/h4-6,8,11H,1-3H3. The van der Waals surface area contributed by atoms with E-state index in [-0.39, 0.29) is 5.92 Å². The number of aromatic nitrogens is 1. The molecular weight excluding hydrogens is 200 g/mol. The normalized spacial score (nSPS) is 12.9. The van der Waals surface area contributed by atoms with Gasteiger partial charge in [0.1, 0.15) is 5.52 Å². The first-order valence-electron chi connectivity index (χ1n) is 5.38. The smallest absolute Gasteiger partial charge is 0.192 e. The number of aryl methyl sites for hydroxylation is 1. The summed E-state index contributed by atoms with van der Waals surface area (Å²) in [6, 6.07) is 8.11. The van der Waals surface area contributed by atoms with Gasteiger partial charge in [-0.25, -0.2) is 4.98 Å². The maximum Gasteiger partial charge on any atom is 0.192 e. The van der Waals surface area contributed by atoms with Crippen LogP contribution in [0, 0.1) is 24.2 Å². The van der Waals surface area contributed by atoms with Crippen molar-refractivity contribution in [3.63, 3.8) is 0 Å². The summed E-state index contributed by atoms with van der Waals surface area (Å²) in [6.07, 6.45) is 0. The van der Waals surface area contributed by atoms with Crippen molar-refractivity contribution in [1.82, 2.24) is 4.98 Å². The fourth-order valence-corrected chi connectivity index (χ4v) is 1.86. The third-order valence-corrected chi connectivity index (χ3v) is 2.68. The van der Waals surface area contributed by atoms with Crippen molar-refractivity contribution in [2.45, 2.75) is 26.7 Å². The Morgan fingerprint density at radius 3 is 2.75 bits per heavy atom. The molecule has 0 fully saturated rings. The number of oxazole rings is 1. The summed E-state index contributed by atoms with van der Waals surface area (Å²) in [5.74, 6) is 0.867. The zero-order valence-electron chi connectivity index (χ0n) is 9.69. The zero-order chi connectivity index (χ0) is 11.7. The molecule has 0 aliphatic rings. The molecule has 16 heavy (non-hydrogen) atoms. The van der Waals surface area contributed by atoms with Crippen molar-refractivity contribution in [3.8, 4) is 6.07 Å². The second-order valence-electron chi connectivity index (χ2n) is 4.31. The van der Waals surface area contributed by atoms with Crippen LogP contribution in [-0.4, -0.2) is 4.98 Å². The predicted molar refractivity (Wildman–Crippen MR) is 61.9 cm³/mol. The van der Waals surface area contributed by atoms with Gasteiger partial charge in [-0.3, -0.25) is 0 Å². The Kier molecular flexibility index (Phi) is 2.66. The van der Waals surface area contributed by atoms with E-state index in [1.165, 1.54) is 0 Å². The zero-order valence-corrected chi connectivity index (χ0v) is 9.69. The van der Waals surface area contributed by atoms with E-state index in [2.05, 4.69) is 11.1 Å². The van der Waals surface area contributed by atoms with Crippen molar-refractivity contribution in [3.05, 3.63) is 29.7 Å². The summed E-state index contributed by atoms with van der Waals surface area (Å²) in [4.78, 5) is 4.23. The Morgan fingerprint density at radius 1 is 1.38 bits per heavy atom. The highest BCUT2D eigenvalue weighted by molar-refractivity contribution is 5.73. The van der Waals surface area contributed by atoms with E-state index in [9.17, 15) is 0 Å². The van der Waals surface area contributed by atoms with Crippen LogP contribution >= 0.6 is 0 Å². The molecule has 0 N–H and O–H groups in total. The van der Waals surface area contributed by atoms with E-state index < -0.39 is 0 Å². The fraction of sp³-hybridized carbons (Fsp3) is 0.385. The molecule has 3 nitrogen and oxygen atoms in total. The lowest BCUT2D eigenvalue weighted by molar-refractivity contribution is 0.557. The van der Waals surface area contributed by atoms with Gasteiger partial charge in [0, 0.05) is 6.92 Å². The van der Waals surface area contributed by atoms with Crippen molar-refractivity contribution in [2.24, 2.45) is 5.92 Å². The minimum atomic E-state index is -0.0881. The minimum absolute atomic E-state index is 0.0881. The molecular formula is C13H14N2O. The molecule has 1 atom stereocenters. The maximum atomic E-state index is 9.13. The van der Waals surface area contributed by atoms with Crippen LogP contribution in [-0.2, 0) is 0 Å². The first-order chi connectivity index (χ1) is 7.61. The summed E-state index contributed by atoms with van der Waals surface area (Å²) in [7, 11) is 0. The Hall–Kier alpha value is -1.82. The van der Waals surface area contributed by atoms with Gasteiger partial charge in [-0.1, -0.05) is 19.9 Å². The quantitative estimate of drug-likeness (QED) is 0.769. The third kappa shape index (κ3) is 1.79. The van der Waals surface area contributed by atoms with E-state index in [1.807, 2.05) is 39.0 Å². The molecule has 0 saturated heterocycles. The number of hydrogen-bond donors (Lipinski definition) is 0. The Morgan fingerprint density at radius 2 is 2.12 bits per heavy atom. The lowest BCUT2D eigenvalue weighted by Gasteiger charge is -2.12. The molecule has 0 amide bonds. The number of nitriles is 1. The van der Waals surface area contributed by atoms with E-state index in [0.29, 0.717) is 11.8 Å². The first kappa shape index (κ1) is 10.7. The molecule has 0 saturated carbocycles. The highest BCUT2D eigenvalue weighted by Crippen LogP contribution is 2.26. The average molecular weight is 214 g/mol. The van der Waals surface area contributed by atoms with Gasteiger partial charge in [-0.15, -0.1) is 0 Å². The number of rotatable bonds is 2. The summed E-state index contributed by atoms with van der Waals surface area (Å²) in [5, 5.41) is 9.13. The molecule has 1 aromatic carbocycles. The number of hydrogen-bond acceptors (Lipinski definition) is 3. The van der Waals surface area contributed by atoms with Gasteiger partial charge >= 0.3 is 0 Å². The highest BCUT2D eigenvalue weighted by Gasteiger charge is 2.16. The van der Waals surface area contributed by atoms with Crippen LogP contribution in [0.5, 0.6) is 0 Å². The van der Waals surface area contributed by atoms with E-state index in [0.717, 1.165) is 16.7 Å². The van der Waals surface area contributed by atoms with E-state index >= 15 is 0 Å². The van der Waals surface area contributed by atoms with E-state index in [1.54, 1.807) is 0 Å². The Labute approximate surface area is 94.7 Å². The second-order valence-corrected chi connectivity index (χ2v) is 4.31. The van der Waals surface area contributed by atoms with Gasteiger partial charge < -0.3 is 4.42 Å². The molecule has 0 aliphatic heterocycles. The lowest BCUT2D eigenvalue weighted by atomic mass is 9.90. The van der Waals surface area contributed by atoms with Crippen LogP contribution in [0.1, 0.15) is 31.2 Å². The molecule has 1 aromatic heterocycles. The first-order valence-corrected chi connectivity index (χ1v) is 5.38. The maximum absolute atomic E-state index is 9.13. The Bertz CT molecular complexity index is 549. The number of benzene rings is 1. The topological polar surface area (TPSA) is 49.8 Å². The van der Waals surface area contributed by atoms with Gasteiger partial charge in [0.2, 0.25) is 0 Å². The second kappa shape index (κ2) is 3.97. The molecule has 2 rings (SSSR count).